The number of aryl methyl sites for hydroxylation is 2. The Bertz CT molecular complexity index is 575. The first-order valence-corrected chi connectivity index (χ1v) is 6.48. The Morgan fingerprint density at radius 1 is 1.32 bits per heavy atom. The van der Waals surface area contributed by atoms with Gasteiger partial charge in [0.15, 0.2) is 17.5 Å². The second-order valence-corrected chi connectivity index (χ2v) is 4.93. The monoisotopic (exact) mass is 262 g/mol. The summed E-state index contributed by atoms with van der Waals surface area (Å²) in [5, 5.41) is 10.6. The van der Waals surface area contributed by atoms with Crippen LogP contribution in [0, 0.1) is 13.8 Å². The summed E-state index contributed by atoms with van der Waals surface area (Å²) in [5.74, 6) is 2.66. The molecule has 19 heavy (non-hydrogen) atoms. The van der Waals surface area contributed by atoms with E-state index in [1.54, 1.807) is 0 Å². The lowest BCUT2D eigenvalue weighted by atomic mass is 10.2. The number of hydrogen-bond acceptors (Lipinski definition) is 6. The van der Waals surface area contributed by atoms with Gasteiger partial charge in [-0.25, -0.2) is 4.98 Å². The molecule has 3 rings (SSSR count). The van der Waals surface area contributed by atoms with Crippen molar-refractivity contribution in [1.82, 2.24) is 25.5 Å². The van der Waals surface area contributed by atoms with Crippen LogP contribution in [0.5, 0.6) is 0 Å². The van der Waals surface area contributed by atoms with Crippen LogP contribution in [0.25, 0.3) is 11.6 Å². The second kappa shape index (κ2) is 4.65. The average molecular weight is 262 g/mol. The number of anilines is 1. The lowest BCUT2D eigenvalue weighted by Gasteiger charge is -2.30. The molecule has 0 amide bonds. The smallest absolute Gasteiger partial charge is 0.245 e. The maximum atomic E-state index is 5.55. The van der Waals surface area contributed by atoms with Gasteiger partial charge < -0.3 is 14.6 Å². The van der Waals surface area contributed by atoms with Gasteiger partial charge in [0.2, 0.25) is 5.95 Å². The zero-order valence-corrected chi connectivity index (χ0v) is 11.4. The van der Waals surface area contributed by atoms with Crippen molar-refractivity contribution in [2.24, 2.45) is 0 Å². The minimum atomic E-state index is 0.449. The van der Waals surface area contributed by atoms with E-state index >= 15 is 0 Å². The number of H-pyrrole nitrogens is 1. The number of aromatic amines is 1. The molecule has 0 aromatic carbocycles. The molecule has 1 atom stereocenters. The predicted molar refractivity (Wildman–Crippen MR) is 71.0 cm³/mol. The summed E-state index contributed by atoms with van der Waals surface area (Å²) < 4.78 is 5.55. The van der Waals surface area contributed by atoms with E-state index in [1.165, 1.54) is 0 Å². The van der Waals surface area contributed by atoms with Crippen LogP contribution in [-0.4, -0.2) is 45.8 Å². The molecule has 0 saturated carbocycles. The summed E-state index contributed by atoms with van der Waals surface area (Å²) in [4.78, 5) is 10.9. The van der Waals surface area contributed by atoms with Crippen LogP contribution >= 0.6 is 0 Å². The average Bonchev–Trinajstić information content (AvgIpc) is 2.96. The molecule has 3 heterocycles. The molecule has 0 bridgehead atoms. The molecule has 0 unspecified atom stereocenters. The van der Waals surface area contributed by atoms with Crippen LogP contribution < -0.4 is 10.2 Å². The highest BCUT2D eigenvalue weighted by Crippen LogP contribution is 2.22. The Balaban J connectivity index is 1.85. The highest BCUT2D eigenvalue weighted by Gasteiger charge is 2.21. The third-order valence-corrected chi connectivity index (χ3v) is 3.24. The molecule has 1 aliphatic heterocycles. The van der Waals surface area contributed by atoms with Crippen molar-refractivity contribution < 1.29 is 4.42 Å². The zero-order valence-electron chi connectivity index (χ0n) is 11.4. The first-order chi connectivity index (χ1) is 9.13. The number of rotatable bonds is 2. The topological polar surface area (TPSA) is 82.9 Å². The van der Waals surface area contributed by atoms with Crippen molar-refractivity contribution in [3.8, 4) is 11.6 Å². The summed E-state index contributed by atoms with van der Waals surface area (Å²) in [6.45, 7) is 8.66. The highest BCUT2D eigenvalue weighted by atomic mass is 16.4. The summed E-state index contributed by atoms with van der Waals surface area (Å²) in [5.41, 5.74) is 0.828. The first kappa shape index (κ1) is 12.2. The maximum absolute atomic E-state index is 5.55. The van der Waals surface area contributed by atoms with Crippen molar-refractivity contribution in [2.75, 3.05) is 24.5 Å². The first-order valence-electron chi connectivity index (χ1n) is 6.48. The van der Waals surface area contributed by atoms with Gasteiger partial charge in [0.1, 0.15) is 0 Å². The molecule has 2 N–H and O–H groups in total. The molecule has 1 fully saturated rings. The van der Waals surface area contributed by atoms with Crippen LogP contribution in [0.3, 0.4) is 0 Å². The number of piperazine rings is 1. The van der Waals surface area contributed by atoms with Gasteiger partial charge in [-0.3, -0.25) is 5.10 Å². The third-order valence-electron chi connectivity index (χ3n) is 3.24. The number of hydrogen-bond donors (Lipinski definition) is 2. The Hall–Kier alpha value is -1.89. The summed E-state index contributed by atoms with van der Waals surface area (Å²) in [6.07, 6.45) is 0. The molecule has 2 aromatic heterocycles. The Morgan fingerprint density at radius 2 is 2.16 bits per heavy atom. The fraction of sp³-hybridized carbons (Fsp3) is 0.583. The van der Waals surface area contributed by atoms with Gasteiger partial charge in [-0.2, -0.15) is 4.98 Å². The van der Waals surface area contributed by atoms with Crippen LogP contribution in [0.15, 0.2) is 4.42 Å². The molecular formula is C12H18N6O. The van der Waals surface area contributed by atoms with Crippen molar-refractivity contribution in [2.45, 2.75) is 26.8 Å². The molecule has 102 valence electrons. The molecule has 2 aromatic rings. The normalized spacial score (nSPS) is 19.9. The van der Waals surface area contributed by atoms with Gasteiger partial charge >= 0.3 is 0 Å². The van der Waals surface area contributed by atoms with Gasteiger partial charge in [0.25, 0.3) is 0 Å². The fourth-order valence-corrected chi connectivity index (χ4v) is 2.36. The van der Waals surface area contributed by atoms with E-state index in [1.807, 2.05) is 13.8 Å². The Labute approximate surface area is 111 Å². The van der Waals surface area contributed by atoms with E-state index in [0.29, 0.717) is 23.5 Å². The molecule has 0 radical (unpaired) electrons. The van der Waals surface area contributed by atoms with Gasteiger partial charge in [0, 0.05) is 32.6 Å². The number of nitrogens with one attached hydrogen (secondary N) is 2. The largest absolute Gasteiger partial charge is 0.437 e. The van der Waals surface area contributed by atoms with Crippen molar-refractivity contribution in [3.05, 3.63) is 11.6 Å². The quantitative estimate of drug-likeness (QED) is 0.835. The number of aromatic nitrogens is 4. The standard InChI is InChI=1S/C12H18N6O/c1-7-6-18(5-4-13-7)12-15-11(16-17-12)10-8(2)14-9(3)19-10/h7,13H,4-6H2,1-3H3,(H,15,16,17)/t7-/m0/s1. The molecule has 1 saturated heterocycles. The summed E-state index contributed by atoms with van der Waals surface area (Å²) in [6, 6.07) is 0.449. The summed E-state index contributed by atoms with van der Waals surface area (Å²) >= 11 is 0. The second-order valence-electron chi connectivity index (χ2n) is 4.93. The van der Waals surface area contributed by atoms with Crippen molar-refractivity contribution in [1.29, 1.82) is 0 Å². The number of oxazole rings is 1. The van der Waals surface area contributed by atoms with Crippen molar-refractivity contribution >= 4 is 5.95 Å². The number of nitrogens with zero attached hydrogens (tertiary/aromatic N) is 4. The van der Waals surface area contributed by atoms with E-state index in [-0.39, 0.29) is 0 Å². The third kappa shape index (κ3) is 2.33. The molecule has 0 spiro atoms. The Kier molecular flexibility index (Phi) is 2.98. The lowest BCUT2D eigenvalue weighted by molar-refractivity contribution is 0.480. The lowest BCUT2D eigenvalue weighted by Crippen LogP contribution is -2.49. The molecule has 7 heteroatoms. The SMILES string of the molecule is Cc1nc(C)c(-c2nc(N3CCN[C@@H](C)C3)n[nH]2)o1. The molecule has 0 aliphatic carbocycles. The van der Waals surface area contributed by atoms with E-state index in [4.69, 9.17) is 4.42 Å². The van der Waals surface area contributed by atoms with Crippen molar-refractivity contribution in [3.63, 3.8) is 0 Å². The van der Waals surface area contributed by atoms with E-state index in [0.717, 1.165) is 31.3 Å². The van der Waals surface area contributed by atoms with Gasteiger partial charge in [-0.1, -0.05) is 0 Å². The van der Waals surface area contributed by atoms with E-state index < -0.39 is 0 Å². The van der Waals surface area contributed by atoms with Crippen LogP contribution in [0.1, 0.15) is 18.5 Å². The van der Waals surface area contributed by atoms with Gasteiger partial charge in [-0.15, -0.1) is 5.10 Å². The minimum absolute atomic E-state index is 0.449. The van der Waals surface area contributed by atoms with Crippen LogP contribution in [0.2, 0.25) is 0 Å². The van der Waals surface area contributed by atoms with E-state index in [9.17, 15) is 0 Å². The van der Waals surface area contributed by atoms with E-state index in [2.05, 4.69) is 37.3 Å². The molecule has 1 aliphatic rings. The van der Waals surface area contributed by atoms with Gasteiger partial charge in [0.05, 0.1) is 5.69 Å². The fourth-order valence-electron chi connectivity index (χ4n) is 2.36. The van der Waals surface area contributed by atoms with Crippen LogP contribution in [0.4, 0.5) is 5.95 Å². The minimum Gasteiger partial charge on any atom is -0.437 e. The predicted octanol–water partition coefficient (Wildman–Crippen LogP) is 0.875. The highest BCUT2D eigenvalue weighted by molar-refractivity contribution is 5.52. The molecule has 7 nitrogen and oxygen atoms in total. The van der Waals surface area contributed by atoms with Gasteiger partial charge in [-0.05, 0) is 13.8 Å². The van der Waals surface area contributed by atoms with Crippen LogP contribution in [-0.2, 0) is 0 Å². The maximum Gasteiger partial charge on any atom is 0.245 e. The zero-order chi connectivity index (χ0) is 13.4. The molecular weight excluding hydrogens is 244 g/mol. The summed E-state index contributed by atoms with van der Waals surface area (Å²) in [7, 11) is 0. The Morgan fingerprint density at radius 3 is 2.84 bits per heavy atom.